The maximum atomic E-state index is 5.72. The number of hydrogen-bond donors (Lipinski definition) is 0. The standard InChI is InChI=1S/C15H16N4O/c1-11-8-16-12(2)15-18-17-14(19(11)15)10-20-9-13-6-4-3-5-7-13/h3-8H,9-10H2,1-2H3. The van der Waals surface area contributed by atoms with Gasteiger partial charge < -0.3 is 4.74 Å². The van der Waals surface area contributed by atoms with Crippen molar-refractivity contribution >= 4 is 5.65 Å². The number of aromatic nitrogens is 4. The van der Waals surface area contributed by atoms with Gasteiger partial charge in [0, 0.05) is 11.9 Å². The van der Waals surface area contributed by atoms with Crippen LogP contribution in [0, 0.1) is 13.8 Å². The van der Waals surface area contributed by atoms with Crippen LogP contribution in [-0.4, -0.2) is 19.6 Å². The predicted molar refractivity (Wildman–Crippen MR) is 75.2 cm³/mol. The molecule has 2 heterocycles. The molecule has 0 aliphatic heterocycles. The van der Waals surface area contributed by atoms with Crippen molar-refractivity contribution < 1.29 is 4.74 Å². The van der Waals surface area contributed by atoms with Crippen LogP contribution in [0.2, 0.25) is 0 Å². The van der Waals surface area contributed by atoms with E-state index in [0.717, 1.165) is 28.4 Å². The van der Waals surface area contributed by atoms with Crippen molar-refractivity contribution in [3.05, 3.63) is 59.3 Å². The second-order valence-corrected chi connectivity index (χ2v) is 4.74. The number of aryl methyl sites for hydroxylation is 2. The first-order valence-electron chi connectivity index (χ1n) is 6.53. The number of benzene rings is 1. The van der Waals surface area contributed by atoms with Crippen LogP contribution in [0.4, 0.5) is 0 Å². The van der Waals surface area contributed by atoms with E-state index in [1.54, 1.807) is 0 Å². The summed E-state index contributed by atoms with van der Waals surface area (Å²) in [6.07, 6.45) is 1.83. The first-order valence-corrected chi connectivity index (χ1v) is 6.53. The summed E-state index contributed by atoms with van der Waals surface area (Å²) in [4.78, 5) is 4.28. The lowest BCUT2D eigenvalue weighted by molar-refractivity contribution is 0.101. The van der Waals surface area contributed by atoms with Crippen LogP contribution in [0.25, 0.3) is 5.65 Å². The molecule has 20 heavy (non-hydrogen) atoms. The molecule has 0 atom stereocenters. The Balaban J connectivity index is 1.77. The smallest absolute Gasteiger partial charge is 0.182 e. The van der Waals surface area contributed by atoms with Crippen molar-refractivity contribution in [2.24, 2.45) is 0 Å². The van der Waals surface area contributed by atoms with Gasteiger partial charge in [-0.2, -0.15) is 0 Å². The van der Waals surface area contributed by atoms with Crippen molar-refractivity contribution in [2.45, 2.75) is 27.1 Å². The molecule has 102 valence electrons. The van der Waals surface area contributed by atoms with Gasteiger partial charge in [-0.15, -0.1) is 10.2 Å². The molecule has 0 fully saturated rings. The van der Waals surface area contributed by atoms with Gasteiger partial charge in [-0.25, -0.2) is 0 Å². The number of rotatable bonds is 4. The number of nitrogens with zero attached hydrogens (tertiary/aromatic N) is 4. The summed E-state index contributed by atoms with van der Waals surface area (Å²) < 4.78 is 7.72. The minimum absolute atomic E-state index is 0.431. The first kappa shape index (κ1) is 12.7. The maximum absolute atomic E-state index is 5.72. The monoisotopic (exact) mass is 268 g/mol. The first-order chi connectivity index (χ1) is 9.75. The van der Waals surface area contributed by atoms with E-state index in [4.69, 9.17) is 4.74 Å². The molecule has 0 amide bonds. The molecule has 0 N–H and O–H groups in total. The van der Waals surface area contributed by atoms with Crippen LogP contribution in [0.3, 0.4) is 0 Å². The van der Waals surface area contributed by atoms with Crippen LogP contribution in [0.15, 0.2) is 36.5 Å². The average Bonchev–Trinajstić information content (AvgIpc) is 2.90. The van der Waals surface area contributed by atoms with Gasteiger partial charge in [0.25, 0.3) is 0 Å². The van der Waals surface area contributed by atoms with Gasteiger partial charge >= 0.3 is 0 Å². The third kappa shape index (κ3) is 2.40. The second-order valence-electron chi connectivity index (χ2n) is 4.74. The fourth-order valence-electron chi connectivity index (χ4n) is 2.16. The Morgan fingerprint density at radius 3 is 2.65 bits per heavy atom. The van der Waals surface area contributed by atoms with Crippen molar-refractivity contribution in [3.63, 3.8) is 0 Å². The minimum Gasteiger partial charge on any atom is -0.369 e. The Morgan fingerprint density at radius 1 is 1.05 bits per heavy atom. The quantitative estimate of drug-likeness (QED) is 0.729. The molecule has 3 rings (SSSR count). The molecule has 0 saturated carbocycles. The van der Waals surface area contributed by atoms with E-state index in [1.807, 2.05) is 54.8 Å². The highest BCUT2D eigenvalue weighted by molar-refractivity contribution is 5.43. The molecular weight excluding hydrogens is 252 g/mol. The third-order valence-electron chi connectivity index (χ3n) is 3.19. The fraction of sp³-hybridized carbons (Fsp3) is 0.267. The molecule has 0 aliphatic rings. The second kappa shape index (κ2) is 5.38. The summed E-state index contributed by atoms with van der Waals surface area (Å²) in [6.45, 7) is 4.92. The Morgan fingerprint density at radius 2 is 1.85 bits per heavy atom. The Kier molecular flexibility index (Phi) is 3.43. The molecule has 1 aromatic carbocycles. The number of hydrogen-bond acceptors (Lipinski definition) is 4. The molecule has 5 nitrogen and oxygen atoms in total. The highest BCUT2D eigenvalue weighted by Crippen LogP contribution is 2.11. The van der Waals surface area contributed by atoms with Crippen LogP contribution < -0.4 is 0 Å². The van der Waals surface area contributed by atoms with E-state index in [2.05, 4.69) is 15.2 Å². The molecule has 3 aromatic rings. The summed E-state index contributed by atoms with van der Waals surface area (Å²) in [5.41, 5.74) is 3.82. The largest absolute Gasteiger partial charge is 0.369 e. The molecule has 0 aliphatic carbocycles. The summed E-state index contributed by atoms with van der Waals surface area (Å²) in [5.74, 6) is 0.805. The zero-order valence-electron chi connectivity index (χ0n) is 11.6. The van der Waals surface area contributed by atoms with Gasteiger partial charge in [0.05, 0.1) is 12.3 Å². The van der Waals surface area contributed by atoms with E-state index >= 15 is 0 Å². The molecule has 5 heteroatoms. The Hall–Kier alpha value is -2.27. The zero-order chi connectivity index (χ0) is 13.9. The van der Waals surface area contributed by atoms with Crippen molar-refractivity contribution in [1.82, 2.24) is 19.6 Å². The fourth-order valence-corrected chi connectivity index (χ4v) is 2.16. The SMILES string of the molecule is Cc1ncc(C)n2c(COCc3ccccc3)nnc12. The number of fused-ring (bicyclic) bond motifs is 1. The Bertz CT molecular complexity index is 721. The lowest BCUT2D eigenvalue weighted by Crippen LogP contribution is -2.03. The van der Waals surface area contributed by atoms with E-state index in [9.17, 15) is 0 Å². The van der Waals surface area contributed by atoms with Crippen LogP contribution in [0.1, 0.15) is 22.8 Å². The van der Waals surface area contributed by atoms with Gasteiger partial charge in [0.2, 0.25) is 0 Å². The third-order valence-corrected chi connectivity index (χ3v) is 3.19. The van der Waals surface area contributed by atoms with Gasteiger partial charge in [-0.1, -0.05) is 30.3 Å². The van der Waals surface area contributed by atoms with Gasteiger partial charge in [-0.05, 0) is 19.4 Å². The van der Waals surface area contributed by atoms with E-state index in [-0.39, 0.29) is 0 Å². The van der Waals surface area contributed by atoms with Gasteiger partial charge in [0.15, 0.2) is 11.5 Å². The van der Waals surface area contributed by atoms with Crippen molar-refractivity contribution in [3.8, 4) is 0 Å². The van der Waals surface area contributed by atoms with E-state index < -0.39 is 0 Å². The average molecular weight is 268 g/mol. The van der Waals surface area contributed by atoms with Crippen LogP contribution in [-0.2, 0) is 18.0 Å². The molecule has 0 saturated heterocycles. The van der Waals surface area contributed by atoms with Crippen LogP contribution >= 0.6 is 0 Å². The molecule has 0 bridgehead atoms. The molecule has 0 spiro atoms. The normalized spacial score (nSPS) is 11.1. The summed E-state index contributed by atoms with van der Waals surface area (Å²) in [5, 5.41) is 8.37. The Labute approximate surface area is 117 Å². The summed E-state index contributed by atoms with van der Waals surface area (Å²) >= 11 is 0. The summed E-state index contributed by atoms with van der Waals surface area (Å²) in [7, 11) is 0. The lowest BCUT2D eigenvalue weighted by Gasteiger charge is -2.06. The highest BCUT2D eigenvalue weighted by atomic mass is 16.5. The molecule has 2 aromatic heterocycles. The highest BCUT2D eigenvalue weighted by Gasteiger charge is 2.10. The molecule has 0 unspecified atom stereocenters. The van der Waals surface area contributed by atoms with Gasteiger partial charge in [0.1, 0.15) is 6.61 Å². The van der Waals surface area contributed by atoms with Gasteiger partial charge in [-0.3, -0.25) is 9.38 Å². The minimum atomic E-state index is 0.431. The topological polar surface area (TPSA) is 52.3 Å². The van der Waals surface area contributed by atoms with Crippen molar-refractivity contribution in [1.29, 1.82) is 0 Å². The zero-order valence-corrected chi connectivity index (χ0v) is 11.6. The summed E-state index contributed by atoms with van der Waals surface area (Å²) in [6, 6.07) is 10.1. The van der Waals surface area contributed by atoms with E-state index in [1.165, 1.54) is 0 Å². The lowest BCUT2D eigenvalue weighted by atomic mass is 10.2. The molecule has 0 radical (unpaired) electrons. The van der Waals surface area contributed by atoms with E-state index in [0.29, 0.717) is 13.2 Å². The maximum Gasteiger partial charge on any atom is 0.182 e. The predicted octanol–water partition coefficient (Wildman–Crippen LogP) is 2.46. The number of ether oxygens (including phenoxy) is 1. The molecular formula is C15H16N4O. The van der Waals surface area contributed by atoms with Crippen molar-refractivity contribution in [2.75, 3.05) is 0 Å². The van der Waals surface area contributed by atoms with Crippen LogP contribution in [0.5, 0.6) is 0 Å².